The third-order valence-corrected chi connectivity index (χ3v) is 3.83. The van der Waals surface area contributed by atoms with E-state index in [0.29, 0.717) is 18.4 Å². The predicted molar refractivity (Wildman–Crippen MR) is 55.2 cm³/mol. The molecule has 2 nitrogen and oxygen atoms in total. The molecule has 2 heterocycles. The zero-order valence-corrected chi connectivity index (χ0v) is 8.60. The third kappa shape index (κ3) is 1.77. The second-order valence-electron chi connectivity index (χ2n) is 3.66. The second-order valence-corrected chi connectivity index (χ2v) is 4.98. The lowest BCUT2D eigenvalue weighted by atomic mass is 9.95. The summed E-state index contributed by atoms with van der Waals surface area (Å²) >= 11 is 1.85. The van der Waals surface area contributed by atoms with Crippen LogP contribution in [0.2, 0.25) is 0 Å². The normalized spacial score (nSPS) is 28.2. The first-order chi connectivity index (χ1) is 6.31. The Morgan fingerprint density at radius 2 is 2.38 bits per heavy atom. The Morgan fingerprint density at radius 3 is 3.00 bits per heavy atom. The van der Waals surface area contributed by atoms with Crippen molar-refractivity contribution in [2.24, 2.45) is 5.92 Å². The van der Waals surface area contributed by atoms with Crippen molar-refractivity contribution in [2.75, 3.05) is 19.7 Å². The molecular weight excluding hydrogens is 182 g/mol. The van der Waals surface area contributed by atoms with Crippen molar-refractivity contribution in [1.82, 2.24) is 5.32 Å². The molecule has 0 saturated carbocycles. The Labute approximate surface area is 82.6 Å². The molecule has 1 aliphatic rings. The fourth-order valence-electron chi connectivity index (χ4n) is 1.91. The minimum absolute atomic E-state index is 0.300. The minimum atomic E-state index is 0.300. The maximum atomic E-state index is 9.17. The Kier molecular flexibility index (Phi) is 2.67. The predicted octanol–water partition coefficient (Wildman–Crippen LogP) is 1.35. The van der Waals surface area contributed by atoms with Crippen LogP contribution in [0.5, 0.6) is 0 Å². The molecule has 0 bridgehead atoms. The number of nitrogens with one attached hydrogen (secondary N) is 1. The number of thiophene rings is 1. The molecule has 2 rings (SSSR count). The molecule has 0 amide bonds. The van der Waals surface area contributed by atoms with Crippen molar-refractivity contribution >= 4 is 11.3 Å². The van der Waals surface area contributed by atoms with Crippen molar-refractivity contribution in [3.05, 3.63) is 21.9 Å². The van der Waals surface area contributed by atoms with Crippen molar-refractivity contribution in [3.8, 4) is 0 Å². The van der Waals surface area contributed by atoms with Crippen molar-refractivity contribution < 1.29 is 5.11 Å². The van der Waals surface area contributed by atoms with Gasteiger partial charge in [0.2, 0.25) is 0 Å². The molecule has 0 aromatic carbocycles. The largest absolute Gasteiger partial charge is 0.396 e. The van der Waals surface area contributed by atoms with Crippen LogP contribution in [-0.4, -0.2) is 24.8 Å². The molecule has 1 aromatic heterocycles. The van der Waals surface area contributed by atoms with E-state index in [1.807, 2.05) is 11.3 Å². The maximum absolute atomic E-state index is 9.17. The van der Waals surface area contributed by atoms with Crippen LogP contribution in [0.1, 0.15) is 15.7 Å². The molecule has 0 spiro atoms. The van der Waals surface area contributed by atoms with Gasteiger partial charge in [0.25, 0.3) is 0 Å². The standard InChI is InChI=1S/C10H15NOS/c1-7-2-3-10(13-7)9-5-11-4-8(9)6-12/h2-3,8-9,11-12H,4-6H2,1H3/t8-,9+/m0/s1. The number of aryl methyl sites for hydroxylation is 1. The molecule has 72 valence electrons. The Morgan fingerprint density at radius 1 is 1.54 bits per heavy atom. The Hall–Kier alpha value is -0.380. The summed E-state index contributed by atoms with van der Waals surface area (Å²) in [5.74, 6) is 0.946. The van der Waals surface area contributed by atoms with Crippen LogP contribution in [0.15, 0.2) is 12.1 Å². The average molecular weight is 197 g/mol. The lowest BCUT2D eigenvalue weighted by Gasteiger charge is -2.13. The van der Waals surface area contributed by atoms with Gasteiger partial charge in [0.05, 0.1) is 0 Å². The SMILES string of the molecule is Cc1ccc([C@@H]2CNC[C@H]2CO)s1. The van der Waals surface area contributed by atoms with E-state index in [0.717, 1.165) is 13.1 Å². The minimum Gasteiger partial charge on any atom is -0.396 e. The smallest absolute Gasteiger partial charge is 0.0478 e. The summed E-state index contributed by atoms with van der Waals surface area (Å²) in [5.41, 5.74) is 0. The number of aliphatic hydroxyl groups is 1. The van der Waals surface area contributed by atoms with E-state index in [4.69, 9.17) is 5.11 Å². The second kappa shape index (κ2) is 3.78. The third-order valence-electron chi connectivity index (χ3n) is 2.70. The van der Waals surface area contributed by atoms with Gasteiger partial charge in [0, 0.05) is 41.3 Å². The monoisotopic (exact) mass is 197 g/mol. The lowest BCUT2D eigenvalue weighted by Crippen LogP contribution is -2.14. The molecule has 0 aliphatic carbocycles. The fourth-order valence-corrected chi connectivity index (χ4v) is 2.98. The molecule has 1 aromatic rings. The van der Waals surface area contributed by atoms with Crippen LogP contribution in [0, 0.1) is 12.8 Å². The van der Waals surface area contributed by atoms with Crippen molar-refractivity contribution in [3.63, 3.8) is 0 Å². The van der Waals surface area contributed by atoms with Crippen LogP contribution in [0.4, 0.5) is 0 Å². The van der Waals surface area contributed by atoms with Gasteiger partial charge in [-0.05, 0) is 19.1 Å². The number of hydrogen-bond acceptors (Lipinski definition) is 3. The van der Waals surface area contributed by atoms with E-state index < -0.39 is 0 Å². The summed E-state index contributed by atoms with van der Waals surface area (Å²) in [7, 11) is 0. The molecule has 1 fully saturated rings. The highest BCUT2D eigenvalue weighted by Gasteiger charge is 2.28. The van der Waals surface area contributed by atoms with Crippen LogP contribution < -0.4 is 5.32 Å². The first-order valence-corrected chi connectivity index (χ1v) is 5.51. The van der Waals surface area contributed by atoms with Crippen molar-refractivity contribution in [1.29, 1.82) is 0 Å². The number of rotatable bonds is 2. The van der Waals surface area contributed by atoms with Gasteiger partial charge < -0.3 is 10.4 Å². The molecule has 2 N–H and O–H groups in total. The highest BCUT2D eigenvalue weighted by atomic mass is 32.1. The van der Waals surface area contributed by atoms with E-state index in [9.17, 15) is 0 Å². The van der Waals surface area contributed by atoms with E-state index in [1.165, 1.54) is 9.75 Å². The van der Waals surface area contributed by atoms with Crippen LogP contribution in [0.3, 0.4) is 0 Å². The van der Waals surface area contributed by atoms with Gasteiger partial charge in [-0.2, -0.15) is 0 Å². The summed E-state index contributed by atoms with van der Waals surface area (Å²) in [6.45, 7) is 4.41. The lowest BCUT2D eigenvalue weighted by molar-refractivity contribution is 0.227. The highest BCUT2D eigenvalue weighted by Crippen LogP contribution is 2.32. The number of hydrogen-bond donors (Lipinski definition) is 2. The van der Waals surface area contributed by atoms with Crippen LogP contribution in [0.25, 0.3) is 0 Å². The zero-order chi connectivity index (χ0) is 9.26. The summed E-state index contributed by atoms with van der Waals surface area (Å²) in [4.78, 5) is 2.78. The van der Waals surface area contributed by atoms with Crippen molar-refractivity contribution in [2.45, 2.75) is 12.8 Å². The topological polar surface area (TPSA) is 32.3 Å². The summed E-state index contributed by atoms with van der Waals surface area (Å²) < 4.78 is 0. The van der Waals surface area contributed by atoms with E-state index >= 15 is 0 Å². The van der Waals surface area contributed by atoms with Gasteiger partial charge >= 0.3 is 0 Å². The van der Waals surface area contributed by atoms with Gasteiger partial charge in [0.15, 0.2) is 0 Å². The van der Waals surface area contributed by atoms with Gasteiger partial charge in [-0.25, -0.2) is 0 Å². The fraction of sp³-hybridized carbons (Fsp3) is 0.600. The Balaban J connectivity index is 2.15. The summed E-state index contributed by atoms with van der Waals surface area (Å²) in [6, 6.07) is 4.35. The zero-order valence-electron chi connectivity index (χ0n) is 7.79. The molecule has 1 aliphatic heterocycles. The van der Waals surface area contributed by atoms with E-state index in [2.05, 4.69) is 24.4 Å². The summed E-state index contributed by atoms with van der Waals surface area (Å²) in [5, 5.41) is 12.5. The molecule has 0 radical (unpaired) electrons. The molecule has 2 atom stereocenters. The van der Waals surface area contributed by atoms with Crippen LogP contribution >= 0.6 is 11.3 Å². The first kappa shape index (κ1) is 9.19. The van der Waals surface area contributed by atoms with E-state index in [-0.39, 0.29) is 0 Å². The van der Waals surface area contributed by atoms with Gasteiger partial charge in [0.1, 0.15) is 0 Å². The molecule has 1 saturated heterocycles. The molecular formula is C10H15NOS. The van der Waals surface area contributed by atoms with Gasteiger partial charge in [-0.3, -0.25) is 0 Å². The van der Waals surface area contributed by atoms with Crippen LogP contribution in [-0.2, 0) is 0 Å². The molecule has 13 heavy (non-hydrogen) atoms. The highest BCUT2D eigenvalue weighted by molar-refractivity contribution is 7.12. The van der Waals surface area contributed by atoms with E-state index in [1.54, 1.807) is 0 Å². The van der Waals surface area contributed by atoms with Gasteiger partial charge in [-0.1, -0.05) is 0 Å². The maximum Gasteiger partial charge on any atom is 0.0478 e. The summed E-state index contributed by atoms with van der Waals surface area (Å²) in [6.07, 6.45) is 0. The quantitative estimate of drug-likeness (QED) is 0.750. The number of aliphatic hydroxyl groups excluding tert-OH is 1. The molecule has 0 unspecified atom stereocenters. The molecule has 3 heteroatoms. The first-order valence-electron chi connectivity index (χ1n) is 4.69. The van der Waals surface area contributed by atoms with Gasteiger partial charge in [-0.15, -0.1) is 11.3 Å². The average Bonchev–Trinajstić information content (AvgIpc) is 2.71. The Bertz CT molecular complexity index is 284.